The summed E-state index contributed by atoms with van der Waals surface area (Å²) in [7, 11) is 1.63. The summed E-state index contributed by atoms with van der Waals surface area (Å²) in [6, 6.07) is 13.2. The van der Waals surface area contributed by atoms with Gasteiger partial charge in [0, 0.05) is 31.2 Å². The van der Waals surface area contributed by atoms with Gasteiger partial charge in [-0.3, -0.25) is 4.79 Å². The van der Waals surface area contributed by atoms with E-state index in [1.807, 2.05) is 24.0 Å². The number of aromatic nitrogens is 2. The molecule has 0 unspecified atom stereocenters. The predicted molar refractivity (Wildman–Crippen MR) is 114 cm³/mol. The van der Waals surface area contributed by atoms with Crippen molar-refractivity contribution in [1.82, 2.24) is 14.7 Å². The molecule has 1 aromatic heterocycles. The first-order valence-corrected chi connectivity index (χ1v) is 10.0. The van der Waals surface area contributed by atoms with Crippen LogP contribution in [0, 0.1) is 12.7 Å². The number of rotatable bonds is 4. The average Bonchev–Trinajstić information content (AvgIpc) is 3.15. The van der Waals surface area contributed by atoms with Gasteiger partial charge in [0.25, 0.3) is 5.91 Å². The molecule has 0 spiro atoms. The number of carbonyl (C=O) groups is 1. The number of nitrogens with zero attached hydrogens (tertiary/aromatic N) is 4. The molecule has 4 rings (SSSR count). The lowest BCUT2D eigenvalue weighted by atomic mass is 10.2. The number of carbonyl (C=O) groups excluding carboxylic acids is 1. The van der Waals surface area contributed by atoms with Crippen LogP contribution in [0.15, 0.2) is 48.5 Å². The Morgan fingerprint density at radius 1 is 1.07 bits per heavy atom. The highest BCUT2D eigenvalue weighted by molar-refractivity contribution is 6.30. The minimum Gasteiger partial charge on any atom is -0.495 e. The molecule has 0 aliphatic carbocycles. The molecule has 6 nitrogen and oxygen atoms in total. The van der Waals surface area contributed by atoms with Crippen molar-refractivity contribution in [1.29, 1.82) is 0 Å². The molecule has 1 saturated heterocycles. The largest absolute Gasteiger partial charge is 0.495 e. The zero-order chi connectivity index (χ0) is 21.3. The number of amides is 1. The number of aryl methyl sites for hydroxylation is 1. The Morgan fingerprint density at radius 3 is 2.43 bits per heavy atom. The third-order valence-electron chi connectivity index (χ3n) is 5.17. The molecular formula is C22H22ClFN4O2. The van der Waals surface area contributed by atoms with Crippen LogP contribution in [-0.4, -0.2) is 53.9 Å². The van der Waals surface area contributed by atoms with Crippen molar-refractivity contribution in [3.8, 4) is 11.4 Å². The lowest BCUT2D eigenvalue weighted by Gasteiger charge is -2.36. The Bertz CT molecular complexity index is 1060. The third kappa shape index (κ3) is 3.98. The first-order valence-electron chi connectivity index (χ1n) is 9.66. The molecule has 2 aromatic carbocycles. The summed E-state index contributed by atoms with van der Waals surface area (Å²) in [5, 5.41) is 5.07. The maximum absolute atomic E-state index is 13.3. The molecule has 1 amide bonds. The van der Waals surface area contributed by atoms with E-state index >= 15 is 0 Å². The summed E-state index contributed by atoms with van der Waals surface area (Å²) < 4.78 is 20.3. The molecule has 2 heterocycles. The topological polar surface area (TPSA) is 50.6 Å². The summed E-state index contributed by atoms with van der Waals surface area (Å²) >= 11 is 6.16. The Kier molecular flexibility index (Phi) is 5.63. The first-order chi connectivity index (χ1) is 14.5. The first kappa shape index (κ1) is 20.2. The van der Waals surface area contributed by atoms with Crippen LogP contribution in [0.2, 0.25) is 5.02 Å². The van der Waals surface area contributed by atoms with E-state index in [2.05, 4.69) is 10.00 Å². The summed E-state index contributed by atoms with van der Waals surface area (Å²) in [5.74, 6) is 0.324. The van der Waals surface area contributed by atoms with E-state index in [-0.39, 0.29) is 11.7 Å². The van der Waals surface area contributed by atoms with Crippen molar-refractivity contribution in [3.63, 3.8) is 0 Å². The fourth-order valence-corrected chi connectivity index (χ4v) is 3.82. The molecule has 1 aliphatic heterocycles. The van der Waals surface area contributed by atoms with Crippen LogP contribution in [-0.2, 0) is 0 Å². The minimum absolute atomic E-state index is 0.0994. The standard InChI is InChI=1S/C22H22ClFN4O2/c1-15-13-20(28(25-15)18-6-4-17(24)5-7-18)22(29)27-11-9-26(10-12-27)19-14-16(23)3-8-21(19)30-2/h3-8,13-14H,9-12H2,1-2H3. The number of hydrogen-bond donors (Lipinski definition) is 0. The van der Waals surface area contributed by atoms with Gasteiger partial charge in [0.2, 0.25) is 0 Å². The molecule has 1 fully saturated rings. The fraction of sp³-hybridized carbons (Fsp3) is 0.273. The molecule has 3 aromatic rings. The van der Waals surface area contributed by atoms with Crippen molar-refractivity contribution >= 4 is 23.2 Å². The van der Waals surface area contributed by atoms with Crippen molar-refractivity contribution in [2.45, 2.75) is 6.92 Å². The molecule has 1 aliphatic rings. The zero-order valence-electron chi connectivity index (χ0n) is 16.8. The molecule has 0 N–H and O–H groups in total. The summed E-state index contributed by atoms with van der Waals surface area (Å²) in [6.45, 7) is 4.27. The Labute approximate surface area is 179 Å². The highest BCUT2D eigenvalue weighted by Gasteiger charge is 2.26. The summed E-state index contributed by atoms with van der Waals surface area (Å²) in [5.41, 5.74) is 2.76. The SMILES string of the molecule is COc1ccc(Cl)cc1N1CCN(C(=O)c2cc(C)nn2-c2ccc(F)cc2)CC1. The van der Waals surface area contributed by atoms with Gasteiger partial charge in [-0.15, -0.1) is 0 Å². The molecule has 0 saturated carbocycles. The summed E-state index contributed by atoms with van der Waals surface area (Å²) in [4.78, 5) is 17.2. The van der Waals surface area contributed by atoms with E-state index in [1.165, 1.54) is 12.1 Å². The quantitative estimate of drug-likeness (QED) is 0.631. The minimum atomic E-state index is -0.330. The van der Waals surface area contributed by atoms with Crippen molar-refractivity contribution in [3.05, 3.63) is 70.8 Å². The van der Waals surface area contributed by atoms with Gasteiger partial charge in [0.05, 0.1) is 24.2 Å². The van der Waals surface area contributed by atoms with Crippen molar-refractivity contribution in [2.24, 2.45) is 0 Å². The van der Waals surface area contributed by atoms with Gasteiger partial charge >= 0.3 is 0 Å². The zero-order valence-corrected chi connectivity index (χ0v) is 17.6. The number of ether oxygens (including phenoxy) is 1. The summed E-state index contributed by atoms with van der Waals surface area (Å²) in [6.07, 6.45) is 0. The van der Waals surface area contributed by atoms with Gasteiger partial charge in [-0.05, 0) is 55.5 Å². The third-order valence-corrected chi connectivity index (χ3v) is 5.41. The van der Waals surface area contributed by atoms with Gasteiger partial charge in [-0.1, -0.05) is 11.6 Å². The second-order valence-corrected chi connectivity index (χ2v) is 7.59. The lowest BCUT2D eigenvalue weighted by Crippen LogP contribution is -2.49. The highest BCUT2D eigenvalue weighted by atomic mass is 35.5. The fourth-order valence-electron chi connectivity index (χ4n) is 3.65. The van der Waals surface area contributed by atoms with Crippen LogP contribution < -0.4 is 9.64 Å². The molecule has 0 atom stereocenters. The molecule has 0 bridgehead atoms. The van der Waals surface area contributed by atoms with Crippen molar-refractivity contribution < 1.29 is 13.9 Å². The number of piperazine rings is 1. The molecule has 0 radical (unpaired) electrons. The predicted octanol–water partition coefficient (Wildman–Crippen LogP) is 3.94. The number of benzene rings is 2. The van der Waals surface area contributed by atoms with E-state index in [0.29, 0.717) is 42.6 Å². The molecular weight excluding hydrogens is 407 g/mol. The number of halogens is 2. The van der Waals surface area contributed by atoms with Crippen molar-refractivity contribution in [2.75, 3.05) is 38.2 Å². The van der Waals surface area contributed by atoms with Crippen LogP contribution in [0.1, 0.15) is 16.2 Å². The second-order valence-electron chi connectivity index (χ2n) is 7.15. The van der Waals surface area contributed by atoms with Gasteiger partial charge in [0.15, 0.2) is 0 Å². The van der Waals surface area contributed by atoms with Crippen LogP contribution >= 0.6 is 11.6 Å². The maximum Gasteiger partial charge on any atom is 0.272 e. The van der Waals surface area contributed by atoms with Crippen LogP contribution in [0.25, 0.3) is 5.69 Å². The number of anilines is 1. The molecule has 8 heteroatoms. The van der Waals surface area contributed by atoms with Gasteiger partial charge in [-0.25, -0.2) is 9.07 Å². The van der Waals surface area contributed by atoms with E-state index in [9.17, 15) is 9.18 Å². The highest BCUT2D eigenvalue weighted by Crippen LogP contribution is 2.32. The van der Waals surface area contributed by atoms with Crippen LogP contribution in [0.5, 0.6) is 5.75 Å². The second kappa shape index (κ2) is 8.36. The molecule has 30 heavy (non-hydrogen) atoms. The van der Waals surface area contributed by atoms with Gasteiger partial charge in [0.1, 0.15) is 17.3 Å². The van der Waals surface area contributed by atoms with E-state index in [4.69, 9.17) is 16.3 Å². The smallest absolute Gasteiger partial charge is 0.272 e. The van der Waals surface area contributed by atoms with E-state index in [0.717, 1.165) is 17.1 Å². The normalized spacial score (nSPS) is 14.1. The van der Waals surface area contributed by atoms with E-state index < -0.39 is 0 Å². The number of hydrogen-bond acceptors (Lipinski definition) is 4. The Morgan fingerprint density at radius 2 is 1.77 bits per heavy atom. The van der Waals surface area contributed by atoms with Gasteiger partial charge in [-0.2, -0.15) is 5.10 Å². The maximum atomic E-state index is 13.3. The lowest BCUT2D eigenvalue weighted by molar-refractivity contribution is 0.0737. The van der Waals surface area contributed by atoms with E-state index in [1.54, 1.807) is 36.1 Å². The van der Waals surface area contributed by atoms with Gasteiger partial charge < -0.3 is 14.5 Å². The number of methoxy groups -OCH3 is 1. The van der Waals surface area contributed by atoms with Crippen LogP contribution in [0.3, 0.4) is 0 Å². The Hall–Kier alpha value is -3.06. The Balaban J connectivity index is 1.52. The molecule has 156 valence electrons. The van der Waals surface area contributed by atoms with Crippen LogP contribution in [0.4, 0.5) is 10.1 Å². The average molecular weight is 429 g/mol. The monoisotopic (exact) mass is 428 g/mol.